The molecule has 0 atom stereocenters. The Hall–Kier alpha value is -3.16. The SMILES string of the molecule is CN=C(NCc1cccnc1Oc1cccc(F)c1)N1CCC(C(=O)OC)CC1. The fourth-order valence-electron chi connectivity index (χ4n) is 3.29. The lowest BCUT2D eigenvalue weighted by Crippen LogP contribution is -2.46. The van der Waals surface area contributed by atoms with Crippen LogP contribution in [0.3, 0.4) is 0 Å². The molecule has 0 unspecified atom stereocenters. The average molecular weight is 400 g/mol. The van der Waals surface area contributed by atoms with Gasteiger partial charge in [-0.15, -0.1) is 0 Å². The minimum atomic E-state index is -0.367. The second-order valence-electron chi connectivity index (χ2n) is 6.71. The number of likely N-dealkylation sites (tertiary alicyclic amines) is 1. The van der Waals surface area contributed by atoms with Crippen molar-refractivity contribution in [1.29, 1.82) is 0 Å². The number of pyridine rings is 1. The van der Waals surface area contributed by atoms with E-state index in [0.29, 0.717) is 18.2 Å². The van der Waals surface area contributed by atoms with Crippen LogP contribution >= 0.6 is 0 Å². The van der Waals surface area contributed by atoms with Crippen molar-refractivity contribution in [1.82, 2.24) is 15.2 Å². The first-order chi connectivity index (χ1) is 14.1. The number of hydrogen-bond donors (Lipinski definition) is 1. The first-order valence-electron chi connectivity index (χ1n) is 9.51. The molecule has 1 fully saturated rings. The largest absolute Gasteiger partial charge is 0.469 e. The van der Waals surface area contributed by atoms with Crippen molar-refractivity contribution >= 4 is 11.9 Å². The molecule has 0 amide bonds. The zero-order chi connectivity index (χ0) is 20.6. The lowest BCUT2D eigenvalue weighted by Gasteiger charge is -2.33. The summed E-state index contributed by atoms with van der Waals surface area (Å²) < 4.78 is 24.0. The molecular weight excluding hydrogens is 375 g/mol. The van der Waals surface area contributed by atoms with E-state index >= 15 is 0 Å². The van der Waals surface area contributed by atoms with Crippen molar-refractivity contribution in [2.75, 3.05) is 27.2 Å². The Morgan fingerprint density at radius 2 is 2.10 bits per heavy atom. The van der Waals surface area contributed by atoms with E-state index in [9.17, 15) is 9.18 Å². The minimum Gasteiger partial charge on any atom is -0.469 e. The Balaban J connectivity index is 1.61. The normalized spacial score (nSPS) is 15.1. The highest BCUT2D eigenvalue weighted by Crippen LogP contribution is 2.24. The van der Waals surface area contributed by atoms with Crippen molar-refractivity contribution in [3.63, 3.8) is 0 Å². The van der Waals surface area contributed by atoms with Crippen LogP contribution in [0.2, 0.25) is 0 Å². The quantitative estimate of drug-likeness (QED) is 0.472. The van der Waals surface area contributed by atoms with E-state index in [2.05, 4.69) is 20.2 Å². The van der Waals surface area contributed by atoms with Gasteiger partial charge in [-0.2, -0.15) is 0 Å². The van der Waals surface area contributed by atoms with Gasteiger partial charge in [0.15, 0.2) is 5.96 Å². The maximum atomic E-state index is 13.4. The smallest absolute Gasteiger partial charge is 0.308 e. The number of hydrogen-bond acceptors (Lipinski definition) is 5. The molecule has 0 bridgehead atoms. The fraction of sp³-hybridized carbons (Fsp3) is 0.381. The third-order valence-electron chi connectivity index (χ3n) is 4.84. The van der Waals surface area contributed by atoms with Crippen molar-refractivity contribution < 1.29 is 18.7 Å². The van der Waals surface area contributed by atoms with Crippen molar-refractivity contribution in [2.24, 2.45) is 10.9 Å². The molecule has 1 aliphatic rings. The Bertz CT molecular complexity index is 867. The van der Waals surface area contributed by atoms with Gasteiger partial charge in [0.25, 0.3) is 0 Å². The van der Waals surface area contributed by atoms with E-state index in [0.717, 1.165) is 37.5 Å². The summed E-state index contributed by atoms with van der Waals surface area (Å²) in [5, 5.41) is 3.32. The van der Waals surface area contributed by atoms with Gasteiger partial charge >= 0.3 is 5.97 Å². The predicted molar refractivity (Wildman–Crippen MR) is 107 cm³/mol. The molecule has 0 saturated carbocycles. The zero-order valence-electron chi connectivity index (χ0n) is 16.6. The van der Waals surface area contributed by atoms with Gasteiger partial charge in [0.2, 0.25) is 5.88 Å². The summed E-state index contributed by atoms with van der Waals surface area (Å²) in [5.41, 5.74) is 0.822. The van der Waals surface area contributed by atoms with E-state index in [-0.39, 0.29) is 17.7 Å². The molecule has 29 heavy (non-hydrogen) atoms. The number of rotatable bonds is 5. The maximum absolute atomic E-state index is 13.4. The zero-order valence-corrected chi connectivity index (χ0v) is 16.6. The van der Waals surface area contributed by atoms with E-state index in [4.69, 9.17) is 9.47 Å². The Morgan fingerprint density at radius 1 is 1.31 bits per heavy atom. The van der Waals surface area contributed by atoms with Crippen LogP contribution in [-0.2, 0) is 16.1 Å². The Kier molecular flexibility index (Phi) is 6.99. The van der Waals surface area contributed by atoms with E-state index in [1.54, 1.807) is 25.4 Å². The van der Waals surface area contributed by atoms with E-state index in [1.165, 1.54) is 19.2 Å². The van der Waals surface area contributed by atoms with Gasteiger partial charge in [0, 0.05) is 44.5 Å². The molecule has 3 rings (SSSR count). The van der Waals surface area contributed by atoms with Gasteiger partial charge in [0.05, 0.1) is 13.0 Å². The van der Waals surface area contributed by atoms with Gasteiger partial charge in [-0.1, -0.05) is 12.1 Å². The molecule has 0 radical (unpaired) electrons. The molecule has 0 spiro atoms. The second kappa shape index (κ2) is 9.86. The number of piperidine rings is 1. The number of methoxy groups -OCH3 is 1. The number of aliphatic imine (C=N–C) groups is 1. The van der Waals surface area contributed by atoms with Crippen molar-refractivity contribution in [3.05, 3.63) is 54.0 Å². The second-order valence-corrected chi connectivity index (χ2v) is 6.71. The molecule has 1 saturated heterocycles. The van der Waals surface area contributed by atoms with Crippen LogP contribution in [-0.4, -0.2) is 49.1 Å². The minimum absolute atomic E-state index is 0.0565. The number of nitrogens with zero attached hydrogens (tertiary/aromatic N) is 3. The molecule has 0 aliphatic carbocycles. The van der Waals surface area contributed by atoms with Crippen LogP contribution in [0.15, 0.2) is 47.6 Å². The maximum Gasteiger partial charge on any atom is 0.308 e. The highest BCUT2D eigenvalue weighted by Gasteiger charge is 2.27. The summed E-state index contributed by atoms with van der Waals surface area (Å²) in [5.74, 6) is 0.966. The summed E-state index contributed by atoms with van der Waals surface area (Å²) in [4.78, 5) is 22.4. The summed E-state index contributed by atoms with van der Waals surface area (Å²) >= 11 is 0. The predicted octanol–water partition coefficient (Wildman–Crippen LogP) is 2.97. The first-order valence-corrected chi connectivity index (χ1v) is 9.51. The lowest BCUT2D eigenvalue weighted by atomic mass is 9.97. The van der Waals surface area contributed by atoms with Gasteiger partial charge in [0.1, 0.15) is 11.6 Å². The van der Waals surface area contributed by atoms with Crippen LogP contribution in [0, 0.1) is 11.7 Å². The molecule has 2 aromatic rings. The monoisotopic (exact) mass is 400 g/mol. The highest BCUT2D eigenvalue weighted by atomic mass is 19.1. The van der Waals surface area contributed by atoms with E-state index < -0.39 is 0 Å². The highest BCUT2D eigenvalue weighted by molar-refractivity contribution is 5.80. The number of carbonyl (C=O) groups excluding carboxylic acids is 1. The molecule has 1 aliphatic heterocycles. The molecule has 1 N–H and O–H groups in total. The molecule has 1 aromatic heterocycles. The van der Waals surface area contributed by atoms with Gasteiger partial charge in [-0.05, 0) is 31.0 Å². The third kappa shape index (κ3) is 5.43. The van der Waals surface area contributed by atoms with Gasteiger partial charge in [-0.3, -0.25) is 9.79 Å². The van der Waals surface area contributed by atoms with Gasteiger partial charge < -0.3 is 19.7 Å². The van der Waals surface area contributed by atoms with Crippen LogP contribution in [0.25, 0.3) is 0 Å². The third-order valence-corrected chi connectivity index (χ3v) is 4.84. The number of esters is 1. The number of ether oxygens (including phenoxy) is 2. The average Bonchev–Trinajstić information content (AvgIpc) is 2.75. The Labute approximate surface area is 169 Å². The molecule has 154 valence electrons. The van der Waals surface area contributed by atoms with Crippen molar-refractivity contribution in [3.8, 4) is 11.6 Å². The number of aromatic nitrogens is 1. The molecule has 1 aromatic carbocycles. The standard InChI is InChI=1S/C21H25FN4O3/c1-23-21(26-11-8-15(9-12-26)20(27)28-2)25-14-16-5-4-10-24-19(16)29-18-7-3-6-17(22)13-18/h3-7,10,13,15H,8-9,11-12,14H2,1-2H3,(H,23,25). The number of benzene rings is 1. The fourth-order valence-corrected chi connectivity index (χ4v) is 3.29. The summed E-state index contributed by atoms with van der Waals surface area (Å²) in [6.45, 7) is 1.89. The molecular formula is C21H25FN4O3. The summed E-state index contributed by atoms with van der Waals surface area (Å²) in [6.07, 6.45) is 3.09. The molecule has 7 nitrogen and oxygen atoms in total. The summed E-state index contributed by atoms with van der Waals surface area (Å²) in [7, 11) is 3.15. The van der Waals surface area contributed by atoms with Crippen molar-refractivity contribution in [2.45, 2.75) is 19.4 Å². The number of carbonyl (C=O) groups is 1. The first kappa shape index (κ1) is 20.6. The molecule has 8 heteroatoms. The number of guanidine groups is 1. The van der Waals surface area contributed by atoms with Gasteiger partial charge in [-0.25, -0.2) is 9.37 Å². The van der Waals surface area contributed by atoms with Crippen LogP contribution in [0.4, 0.5) is 4.39 Å². The van der Waals surface area contributed by atoms with E-state index in [1.807, 2.05) is 12.1 Å². The lowest BCUT2D eigenvalue weighted by molar-refractivity contribution is -0.146. The molecule has 2 heterocycles. The van der Waals surface area contributed by atoms with Crippen LogP contribution < -0.4 is 10.1 Å². The number of nitrogens with one attached hydrogen (secondary N) is 1. The van der Waals surface area contributed by atoms with Crippen LogP contribution in [0.5, 0.6) is 11.6 Å². The van der Waals surface area contributed by atoms with Crippen LogP contribution in [0.1, 0.15) is 18.4 Å². The number of halogens is 1. The topological polar surface area (TPSA) is 76.1 Å². The summed E-state index contributed by atoms with van der Waals surface area (Å²) in [6, 6.07) is 9.66. The Morgan fingerprint density at radius 3 is 2.79 bits per heavy atom.